The van der Waals surface area contributed by atoms with Crippen molar-refractivity contribution in [3.8, 4) is 28.6 Å². The van der Waals surface area contributed by atoms with Crippen molar-refractivity contribution in [2.45, 2.75) is 13.3 Å². The van der Waals surface area contributed by atoms with E-state index in [9.17, 15) is 9.59 Å². The van der Waals surface area contributed by atoms with E-state index in [-0.39, 0.29) is 23.7 Å². The van der Waals surface area contributed by atoms with Crippen LogP contribution < -0.4 is 30.3 Å². The molecule has 1 amide bonds. The molecule has 1 aromatic heterocycles. The van der Waals surface area contributed by atoms with Crippen molar-refractivity contribution < 1.29 is 23.4 Å². The smallest absolute Gasteiger partial charge is 0.255 e. The number of ether oxygens (including phenoxy) is 3. The number of methoxy groups -OCH3 is 2. The number of hydrogen-bond acceptors (Lipinski definition) is 7. The number of carbonyl (C=O) groups is 1. The summed E-state index contributed by atoms with van der Waals surface area (Å²) in [6.45, 7) is 3.94. The van der Waals surface area contributed by atoms with Crippen LogP contribution in [0.5, 0.6) is 17.2 Å². The molecule has 0 spiro atoms. The van der Waals surface area contributed by atoms with Crippen LogP contribution in [0.3, 0.4) is 0 Å². The summed E-state index contributed by atoms with van der Waals surface area (Å²) in [6.07, 6.45) is 0.715. The van der Waals surface area contributed by atoms with Crippen LogP contribution in [-0.2, 0) is 0 Å². The molecule has 9 heteroatoms. The fraction of sp³-hybridized carbons (Fsp3) is 0.267. The van der Waals surface area contributed by atoms with E-state index in [4.69, 9.17) is 18.6 Å². The molecule has 206 valence electrons. The maximum absolute atomic E-state index is 13.0. The molecule has 0 unspecified atom stereocenters. The molecule has 0 fully saturated rings. The SMILES string of the molecule is COc1cccc(OC)c1OCCNCCCNC(=O)c1cccc2c(=O)c(C)c(-c3ccccc3)oc12.Cl. The van der Waals surface area contributed by atoms with Crippen LogP contribution in [0.2, 0.25) is 0 Å². The lowest BCUT2D eigenvalue weighted by Gasteiger charge is -2.14. The topological polar surface area (TPSA) is 99.0 Å². The van der Waals surface area contributed by atoms with E-state index >= 15 is 0 Å². The van der Waals surface area contributed by atoms with Crippen molar-refractivity contribution in [2.75, 3.05) is 40.5 Å². The van der Waals surface area contributed by atoms with Gasteiger partial charge in [-0.25, -0.2) is 0 Å². The number of halogens is 1. The maximum atomic E-state index is 13.0. The molecule has 2 N–H and O–H groups in total. The fourth-order valence-corrected chi connectivity index (χ4v) is 4.17. The number of hydrogen-bond donors (Lipinski definition) is 2. The highest BCUT2D eigenvalue weighted by molar-refractivity contribution is 6.05. The molecule has 4 rings (SSSR count). The largest absolute Gasteiger partial charge is 0.493 e. The van der Waals surface area contributed by atoms with Gasteiger partial charge in [-0.05, 0) is 44.2 Å². The van der Waals surface area contributed by atoms with Gasteiger partial charge in [-0.15, -0.1) is 12.4 Å². The third-order valence-corrected chi connectivity index (χ3v) is 6.15. The second kappa shape index (κ2) is 14.2. The van der Waals surface area contributed by atoms with Crippen molar-refractivity contribution in [3.05, 3.63) is 88.1 Å². The molecule has 4 aromatic rings. The molecule has 8 nitrogen and oxygen atoms in total. The van der Waals surface area contributed by atoms with Crippen LogP contribution in [0.15, 0.2) is 75.9 Å². The van der Waals surface area contributed by atoms with Gasteiger partial charge in [0, 0.05) is 24.2 Å². The quantitative estimate of drug-likeness (QED) is 0.239. The molecule has 39 heavy (non-hydrogen) atoms. The summed E-state index contributed by atoms with van der Waals surface area (Å²) in [4.78, 5) is 26.0. The van der Waals surface area contributed by atoms with Crippen LogP contribution in [0, 0.1) is 6.92 Å². The molecule has 0 saturated carbocycles. The zero-order valence-electron chi connectivity index (χ0n) is 22.2. The fourth-order valence-electron chi connectivity index (χ4n) is 4.17. The van der Waals surface area contributed by atoms with Gasteiger partial charge >= 0.3 is 0 Å². The van der Waals surface area contributed by atoms with E-state index in [0.29, 0.717) is 77.8 Å². The van der Waals surface area contributed by atoms with Gasteiger partial charge < -0.3 is 29.3 Å². The first-order chi connectivity index (χ1) is 18.5. The molecule has 0 aliphatic rings. The first-order valence-electron chi connectivity index (χ1n) is 12.5. The Balaban J connectivity index is 0.00000420. The van der Waals surface area contributed by atoms with Gasteiger partial charge in [-0.2, -0.15) is 0 Å². The van der Waals surface area contributed by atoms with Crippen LogP contribution in [-0.4, -0.2) is 46.4 Å². The Kier molecular flexibility index (Phi) is 10.8. The third kappa shape index (κ3) is 6.90. The van der Waals surface area contributed by atoms with Crippen molar-refractivity contribution in [3.63, 3.8) is 0 Å². The second-order valence-electron chi connectivity index (χ2n) is 8.63. The van der Waals surface area contributed by atoms with Gasteiger partial charge in [0.1, 0.15) is 12.4 Å². The van der Waals surface area contributed by atoms with Crippen molar-refractivity contribution >= 4 is 29.3 Å². The van der Waals surface area contributed by atoms with E-state index in [1.54, 1.807) is 39.3 Å². The Morgan fingerprint density at radius 2 is 1.56 bits per heavy atom. The number of fused-ring (bicyclic) bond motifs is 1. The monoisotopic (exact) mass is 552 g/mol. The van der Waals surface area contributed by atoms with Crippen LogP contribution >= 0.6 is 12.4 Å². The Labute approximate surface area is 233 Å². The molecule has 1 heterocycles. The van der Waals surface area contributed by atoms with Crippen molar-refractivity contribution in [1.82, 2.24) is 10.6 Å². The predicted octanol–water partition coefficient (Wildman–Crippen LogP) is 5.00. The highest BCUT2D eigenvalue weighted by Crippen LogP contribution is 2.36. The Morgan fingerprint density at radius 1 is 0.872 bits per heavy atom. The van der Waals surface area contributed by atoms with E-state index in [0.717, 1.165) is 5.56 Å². The minimum atomic E-state index is -0.284. The molecule has 0 atom stereocenters. The summed E-state index contributed by atoms with van der Waals surface area (Å²) in [6, 6.07) is 20.0. The third-order valence-electron chi connectivity index (χ3n) is 6.15. The van der Waals surface area contributed by atoms with E-state index in [2.05, 4.69) is 10.6 Å². The van der Waals surface area contributed by atoms with Crippen molar-refractivity contribution in [1.29, 1.82) is 0 Å². The summed E-state index contributed by atoms with van der Waals surface area (Å²) in [5.41, 5.74) is 1.79. The second-order valence-corrected chi connectivity index (χ2v) is 8.63. The zero-order valence-corrected chi connectivity index (χ0v) is 23.1. The molecular formula is C30H33ClN2O6. The summed E-state index contributed by atoms with van der Waals surface area (Å²) in [5.74, 6) is 1.98. The highest BCUT2D eigenvalue weighted by Gasteiger charge is 2.18. The molecule has 0 bridgehead atoms. The normalized spacial score (nSPS) is 10.5. The number of benzene rings is 3. The Morgan fingerprint density at radius 3 is 2.26 bits per heavy atom. The molecule has 0 aliphatic heterocycles. The molecule has 3 aromatic carbocycles. The maximum Gasteiger partial charge on any atom is 0.255 e. The standard InChI is InChI=1S/C30H32N2O6.ClH/c1-20-26(33)22-12-7-13-23(28(22)38-27(20)21-10-5-4-6-11-21)30(34)32-17-9-16-31-18-19-37-29-24(35-2)14-8-15-25(29)36-3;/h4-8,10-15,31H,9,16-19H2,1-3H3,(H,32,34);1H. The van der Waals surface area contributed by atoms with Crippen LogP contribution in [0.4, 0.5) is 0 Å². The predicted molar refractivity (Wildman–Crippen MR) is 155 cm³/mol. The number of para-hydroxylation sites is 2. The zero-order chi connectivity index (χ0) is 26.9. The minimum Gasteiger partial charge on any atom is -0.493 e. The van der Waals surface area contributed by atoms with Crippen LogP contribution in [0.25, 0.3) is 22.3 Å². The molecular weight excluding hydrogens is 520 g/mol. The number of carbonyl (C=O) groups excluding carboxylic acids is 1. The molecule has 0 saturated heterocycles. The summed E-state index contributed by atoms with van der Waals surface area (Å²) in [7, 11) is 3.17. The summed E-state index contributed by atoms with van der Waals surface area (Å²) < 4.78 is 22.7. The van der Waals surface area contributed by atoms with Crippen molar-refractivity contribution in [2.24, 2.45) is 0 Å². The Hall–Kier alpha value is -4.01. The Bertz CT molecular complexity index is 1430. The van der Waals surface area contributed by atoms with Gasteiger partial charge in [0.05, 0.1) is 25.2 Å². The lowest BCUT2D eigenvalue weighted by atomic mass is 10.0. The average molecular weight is 553 g/mol. The van der Waals surface area contributed by atoms with E-state index < -0.39 is 0 Å². The van der Waals surface area contributed by atoms with E-state index in [1.807, 2.05) is 48.5 Å². The highest BCUT2D eigenvalue weighted by atomic mass is 35.5. The summed E-state index contributed by atoms with van der Waals surface area (Å²) >= 11 is 0. The minimum absolute atomic E-state index is 0. The molecule has 0 radical (unpaired) electrons. The van der Waals surface area contributed by atoms with Gasteiger partial charge in [-0.1, -0.05) is 42.5 Å². The number of rotatable bonds is 12. The first-order valence-corrected chi connectivity index (χ1v) is 12.5. The van der Waals surface area contributed by atoms with Gasteiger partial charge in [0.2, 0.25) is 5.75 Å². The first kappa shape index (κ1) is 29.5. The van der Waals surface area contributed by atoms with Crippen LogP contribution in [0.1, 0.15) is 22.3 Å². The number of amides is 1. The van der Waals surface area contributed by atoms with Gasteiger partial charge in [0.15, 0.2) is 22.5 Å². The number of nitrogens with one attached hydrogen (secondary N) is 2. The van der Waals surface area contributed by atoms with Gasteiger partial charge in [0.25, 0.3) is 5.91 Å². The summed E-state index contributed by atoms with van der Waals surface area (Å²) in [5, 5.41) is 6.61. The average Bonchev–Trinajstić information content (AvgIpc) is 2.96. The lowest BCUT2D eigenvalue weighted by molar-refractivity contribution is 0.0954. The lowest BCUT2D eigenvalue weighted by Crippen LogP contribution is -2.29. The van der Waals surface area contributed by atoms with E-state index in [1.165, 1.54) is 0 Å². The van der Waals surface area contributed by atoms with Gasteiger partial charge in [-0.3, -0.25) is 9.59 Å². The molecule has 0 aliphatic carbocycles.